The maximum Gasteiger partial charge on any atom is 0.318 e. The molecule has 3 amide bonds. The average molecular weight is 426 g/mol. The third kappa shape index (κ3) is 5.52. The van der Waals surface area contributed by atoms with E-state index in [1.807, 2.05) is 74.1 Å². The second kappa shape index (κ2) is 10.3. The Balaban J connectivity index is 1.85. The van der Waals surface area contributed by atoms with E-state index in [1.165, 1.54) is 9.91 Å². The molecule has 31 heavy (non-hydrogen) atoms. The number of hydrogen-bond donors (Lipinski definition) is 1. The molecule has 0 spiro atoms. The van der Waals surface area contributed by atoms with E-state index in [9.17, 15) is 9.59 Å². The van der Waals surface area contributed by atoms with E-state index in [2.05, 4.69) is 5.32 Å². The summed E-state index contributed by atoms with van der Waals surface area (Å²) in [5.41, 5.74) is 2.84. The van der Waals surface area contributed by atoms with Crippen LogP contribution in [0.25, 0.3) is 0 Å². The third-order valence-electron chi connectivity index (χ3n) is 5.18. The summed E-state index contributed by atoms with van der Waals surface area (Å²) in [7, 11) is 3.53. The van der Waals surface area contributed by atoms with Crippen molar-refractivity contribution in [3.8, 4) is 0 Å². The molecule has 8 nitrogen and oxygen atoms in total. The normalized spacial score (nSPS) is 15.8. The van der Waals surface area contributed by atoms with Gasteiger partial charge in [0.1, 0.15) is 6.54 Å². The Morgan fingerprint density at radius 1 is 1.23 bits per heavy atom. The minimum absolute atomic E-state index is 0.0292. The fourth-order valence-corrected chi connectivity index (χ4v) is 3.62. The Labute approximate surface area is 183 Å². The highest BCUT2D eigenvalue weighted by molar-refractivity contribution is 6.02. The topological polar surface area (TPSA) is 79.2 Å². The minimum atomic E-state index is -0.289. The summed E-state index contributed by atoms with van der Waals surface area (Å²) in [6.45, 7) is 4.36. The summed E-state index contributed by atoms with van der Waals surface area (Å²) in [5, 5.41) is 9.07. The number of ether oxygens (including phenoxy) is 1. The molecule has 1 aliphatic heterocycles. The SMILES string of the molecule is COCCN(CC(=O)N1N=C(c2cccn2C)C[C@H]1c1ccccc1)C(=O)NC(C)C. The van der Waals surface area contributed by atoms with E-state index < -0.39 is 0 Å². The molecule has 1 N–H and O–H groups in total. The first-order chi connectivity index (χ1) is 14.9. The second-order valence-electron chi connectivity index (χ2n) is 7.94. The highest BCUT2D eigenvalue weighted by atomic mass is 16.5. The summed E-state index contributed by atoms with van der Waals surface area (Å²) in [6.07, 6.45) is 2.58. The van der Waals surface area contributed by atoms with Crippen molar-refractivity contribution in [2.75, 3.05) is 26.8 Å². The number of hydrogen-bond acceptors (Lipinski definition) is 4. The van der Waals surface area contributed by atoms with Gasteiger partial charge in [-0.25, -0.2) is 9.80 Å². The fourth-order valence-electron chi connectivity index (χ4n) is 3.62. The highest BCUT2D eigenvalue weighted by Gasteiger charge is 2.34. The van der Waals surface area contributed by atoms with E-state index >= 15 is 0 Å². The molecule has 3 rings (SSSR count). The van der Waals surface area contributed by atoms with Gasteiger partial charge in [0.15, 0.2) is 0 Å². The maximum absolute atomic E-state index is 13.3. The molecule has 166 valence electrons. The number of benzene rings is 1. The number of aryl methyl sites for hydroxylation is 1. The molecule has 0 unspecified atom stereocenters. The first kappa shape index (κ1) is 22.6. The lowest BCUT2D eigenvalue weighted by Gasteiger charge is -2.27. The van der Waals surface area contributed by atoms with Crippen LogP contribution < -0.4 is 5.32 Å². The Morgan fingerprint density at radius 3 is 2.58 bits per heavy atom. The second-order valence-corrected chi connectivity index (χ2v) is 7.94. The molecule has 1 aliphatic rings. The largest absolute Gasteiger partial charge is 0.383 e. The molecular formula is C23H31N5O3. The molecule has 0 bridgehead atoms. The van der Waals surface area contributed by atoms with Gasteiger partial charge in [-0.05, 0) is 31.5 Å². The van der Waals surface area contributed by atoms with E-state index in [4.69, 9.17) is 9.84 Å². The van der Waals surface area contributed by atoms with Crippen LogP contribution in [0.2, 0.25) is 0 Å². The molecule has 1 aromatic carbocycles. The molecule has 0 fully saturated rings. The first-order valence-corrected chi connectivity index (χ1v) is 10.5. The first-order valence-electron chi connectivity index (χ1n) is 10.5. The van der Waals surface area contributed by atoms with Crippen LogP contribution in [-0.2, 0) is 16.6 Å². The van der Waals surface area contributed by atoms with Crippen LogP contribution in [0, 0.1) is 0 Å². The van der Waals surface area contributed by atoms with E-state index in [0.717, 1.165) is 17.0 Å². The van der Waals surface area contributed by atoms with Gasteiger partial charge in [0, 0.05) is 39.4 Å². The van der Waals surface area contributed by atoms with Crippen molar-refractivity contribution in [2.24, 2.45) is 12.1 Å². The smallest absolute Gasteiger partial charge is 0.318 e. The summed E-state index contributed by atoms with van der Waals surface area (Å²) in [6, 6.07) is 13.3. The van der Waals surface area contributed by atoms with E-state index in [-0.39, 0.29) is 30.6 Å². The summed E-state index contributed by atoms with van der Waals surface area (Å²) >= 11 is 0. The number of amides is 3. The van der Waals surface area contributed by atoms with Crippen LogP contribution >= 0.6 is 0 Å². The van der Waals surface area contributed by atoms with Crippen molar-refractivity contribution < 1.29 is 14.3 Å². The van der Waals surface area contributed by atoms with Gasteiger partial charge in [-0.3, -0.25) is 4.79 Å². The summed E-state index contributed by atoms with van der Waals surface area (Å²) in [5.74, 6) is -0.229. The fraction of sp³-hybridized carbons (Fsp3) is 0.435. The van der Waals surface area contributed by atoms with Crippen molar-refractivity contribution in [3.05, 3.63) is 59.9 Å². The number of methoxy groups -OCH3 is 1. The van der Waals surface area contributed by atoms with Gasteiger partial charge >= 0.3 is 6.03 Å². The number of carbonyl (C=O) groups is 2. The number of nitrogens with zero attached hydrogens (tertiary/aromatic N) is 4. The van der Waals surface area contributed by atoms with Gasteiger partial charge in [0.2, 0.25) is 0 Å². The molecule has 0 aliphatic carbocycles. The summed E-state index contributed by atoms with van der Waals surface area (Å²) in [4.78, 5) is 27.4. The number of rotatable bonds is 8. The number of aromatic nitrogens is 1. The molecular weight excluding hydrogens is 394 g/mol. The van der Waals surface area contributed by atoms with Crippen LogP contribution in [0.4, 0.5) is 4.79 Å². The number of urea groups is 1. The quantitative estimate of drug-likeness (QED) is 0.706. The van der Waals surface area contributed by atoms with Crippen LogP contribution in [-0.4, -0.2) is 65.0 Å². The van der Waals surface area contributed by atoms with Gasteiger partial charge in [-0.15, -0.1) is 0 Å². The minimum Gasteiger partial charge on any atom is -0.383 e. The zero-order valence-electron chi connectivity index (χ0n) is 18.6. The van der Waals surface area contributed by atoms with Crippen LogP contribution in [0.15, 0.2) is 53.8 Å². The van der Waals surface area contributed by atoms with Crippen molar-refractivity contribution in [1.29, 1.82) is 0 Å². The van der Waals surface area contributed by atoms with E-state index in [0.29, 0.717) is 19.6 Å². The molecule has 1 aromatic heterocycles. The predicted octanol–water partition coefficient (Wildman–Crippen LogP) is 2.77. The molecule has 2 heterocycles. The standard InChI is InChI=1S/C23H31N5O3/c1-17(2)24-23(30)27(13-14-31-4)16-22(29)28-21(18-9-6-5-7-10-18)15-19(25-28)20-11-8-12-26(20)3/h5-12,17,21H,13-16H2,1-4H3,(H,24,30)/t21-/m0/s1. The zero-order valence-corrected chi connectivity index (χ0v) is 18.6. The number of carbonyl (C=O) groups excluding carboxylic acids is 2. The van der Waals surface area contributed by atoms with Gasteiger partial charge in [0.05, 0.1) is 24.1 Å². The van der Waals surface area contributed by atoms with Crippen molar-refractivity contribution in [1.82, 2.24) is 19.8 Å². The molecule has 1 atom stereocenters. The van der Waals surface area contributed by atoms with Crippen molar-refractivity contribution >= 4 is 17.6 Å². The van der Waals surface area contributed by atoms with E-state index in [1.54, 1.807) is 7.11 Å². The Hall–Kier alpha value is -3.13. The highest BCUT2D eigenvalue weighted by Crippen LogP contribution is 2.32. The Morgan fingerprint density at radius 2 is 1.97 bits per heavy atom. The predicted molar refractivity (Wildman–Crippen MR) is 120 cm³/mol. The van der Waals surface area contributed by atoms with Crippen LogP contribution in [0.1, 0.15) is 37.6 Å². The Bertz CT molecular complexity index is 922. The van der Waals surface area contributed by atoms with Crippen molar-refractivity contribution in [3.63, 3.8) is 0 Å². The van der Waals surface area contributed by atoms with Crippen molar-refractivity contribution in [2.45, 2.75) is 32.4 Å². The lowest BCUT2D eigenvalue weighted by molar-refractivity contribution is -0.133. The lowest BCUT2D eigenvalue weighted by Crippen LogP contribution is -2.48. The number of hydrazone groups is 1. The maximum atomic E-state index is 13.3. The van der Waals surface area contributed by atoms with Gasteiger partial charge < -0.3 is 19.5 Å². The molecule has 8 heteroatoms. The zero-order chi connectivity index (χ0) is 22.4. The average Bonchev–Trinajstić information content (AvgIpc) is 3.37. The van der Waals surface area contributed by atoms with Crippen LogP contribution in [0.3, 0.4) is 0 Å². The molecule has 0 radical (unpaired) electrons. The molecule has 2 aromatic rings. The molecule has 0 saturated carbocycles. The third-order valence-corrected chi connectivity index (χ3v) is 5.18. The molecule has 0 saturated heterocycles. The monoisotopic (exact) mass is 425 g/mol. The number of nitrogens with one attached hydrogen (secondary N) is 1. The Kier molecular flexibility index (Phi) is 7.46. The lowest BCUT2D eigenvalue weighted by atomic mass is 10.0. The van der Waals surface area contributed by atoms with Gasteiger partial charge in [0.25, 0.3) is 5.91 Å². The summed E-state index contributed by atoms with van der Waals surface area (Å²) < 4.78 is 7.12. The van der Waals surface area contributed by atoms with Gasteiger partial charge in [-0.1, -0.05) is 30.3 Å². The van der Waals surface area contributed by atoms with Crippen LogP contribution in [0.5, 0.6) is 0 Å². The van der Waals surface area contributed by atoms with Gasteiger partial charge in [-0.2, -0.15) is 5.10 Å².